The summed E-state index contributed by atoms with van der Waals surface area (Å²) in [5, 5.41) is 8.95. The van der Waals surface area contributed by atoms with Crippen LogP contribution in [0.2, 0.25) is 0 Å². The Morgan fingerprint density at radius 3 is 2.70 bits per heavy atom. The second-order valence-corrected chi connectivity index (χ2v) is 2.35. The Morgan fingerprint density at radius 2 is 2.30 bits per heavy atom. The van der Waals surface area contributed by atoms with Gasteiger partial charge < -0.3 is 5.11 Å². The first-order valence-electron chi connectivity index (χ1n) is 3.72. The van der Waals surface area contributed by atoms with E-state index < -0.39 is 6.10 Å². The lowest BCUT2D eigenvalue weighted by Gasteiger charge is -2.03. The van der Waals surface area contributed by atoms with Crippen molar-refractivity contribution < 1.29 is 9.90 Å². The second-order valence-electron chi connectivity index (χ2n) is 2.35. The molecular formula is C8H15O2. The first-order chi connectivity index (χ1) is 4.72. The molecule has 2 heteroatoms. The standard InChI is InChI=1S/C8H15O2/c1-3-5-6-8(10)7(9)4-2/h4,7,9H,3,5-6H2,1-2H3. The van der Waals surface area contributed by atoms with E-state index in [1.54, 1.807) is 6.92 Å². The van der Waals surface area contributed by atoms with Gasteiger partial charge in [0.05, 0.1) is 0 Å². The van der Waals surface area contributed by atoms with Gasteiger partial charge in [0.1, 0.15) is 6.10 Å². The third-order valence-electron chi connectivity index (χ3n) is 1.42. The van der Waals surface area contributed by atoms with E-state index in [-0.39, 0.29) is 5.78 Å². The highest BCUT2D eigenvalue weighted by atomic mass is 16.3. The van der Waals surface area contributed by atoms with Crippen molar-refractivity contribution in [2.24, 2.45) is 0 Å². The van der Waals surface area contributed by atoms with Crippen LogP contribution in [-0.2, 0) is 4.79 Å². The van der Waals surface area contributed by atoms with Crippen LogP contribution in [0.3, 0.4) is 0 Å². The number of aliphatic hydroxyl groups excluding tert-OH is 1. The highest BCUT2D eigenvalue weighted by molar-refractivity contribution is 5.83. The van der Waals surface area contributed by atoms with Gasteiger partial charge in [-0.2, -0.15) is 0 Å². The molecule has 1 N–H and O–H groups in total. The van der Waals surface area contributed by atoms with Crippen LogP contribution < -0.4 is 0 Å². The van der Waals surface area contributed by atoms with E-state index >= 15 is 0 Å². The molecule has 0 aromatic heterocycles. The topological polar surface area (TPSA) is 37.3 Å². The van der Waals surface area contributed by atoms with Crippen molar-refractivity contribution in [3.8, 4) is 0 Å². The van der Waals surface area contributed by atoms with Crippen LogP contribution in [0.15, 0.2) is 0 Å². The Morgan fingerprint density at radius 1 is 1.70 bits per heavy atom. The number of rotatable bonds is 5. The molecule has 0 bridgehead atoms. The molecule has 0 rings (SSSR count). The minimum absolute atomic E-state index is 0.0654. The minimum Gasteiger partial charge on any atom is -0.385 e. The summed E-state index contributed by atoms with van der Waals surface area (Å²) >= 11 is 0. The summed E-state index contributed by atoms with van der Waals surface area (Å²) in [6, 6.07) is 0. The fourth-order valence-electron chi connectivity index (χ4n) is 0.685. The number of hydrogen-bond donors (Lipinski definition) is 1. The lowest BCUT2D eigenvalue weighted by atomic mass is 10.1. The first-order valence-corrected chi connectivity index (χ1v) is 3.72. The smallest absolute Gasteiger partial charge is 0.161 e. The second kappa shape index (κ2) is 5.42. The zero-order valence-corrected chi connectivity index (χ0v) is 6.63. The van der Waals surface area contributed by atoms with E-state index in [1.807, 2.05) is 6.92 Å². The molecule has 0 aliphatic heterocycles. The third-order valence-corrected chi connectivity index (χ3v) is 1.42. The van der Waals surface area contributed by atoms with Gasteiger partial charge in [-0.3, -0.25) is 4.79 Å². The molecular weight excluding hydrogens is 128 g/mol. The van der Waals surface area contributed by atoms with Crippen molar-refractivity contribution in [3.05, 3.63) is 6.42 Å². The lowest BCUT2D eigenvalue weighted by molar-refractivity contribution is -0.125. The number of ketones is 1. The lowest BCUT2D eigenvalue weighted by Crippen LogP contribution is -2.19. The SMILES string of the molecule is C[CH]C(O)C(=O)CCCC. The largest absolute Gasteiger partial charge is 0.385 e. The predicted octanol–water partition coefficient (Wildman–Crippen LogP) is 1.33. The van der Waals surface area contributed by atoms with Gasteiger partial charge in [0, 0.05) is 6.42 Å². The third kappa shape index (κ3) is 3.62. The highest BCUT2D eigenvalue weighted by Gasteiger charge is 2.10. The Kier molecular flexibility index (Phi) is 5.22. The fourth-order valence-corrected chi connectivity index (χ4v) is 0.685. The van der Waals surface area contributed by atoms with Crippen molar-refractivity contribution in [1.82, 2.24) is 0 Å². The first kappa shape index (κ1) is 9.63. The van der Waals surface area contributed by atoms with E-state index in [9.17, 15) is 4.79 Å². The van der Waals surface area contributed by atoms with Crippen LogP contribution in [0.4, 0.5) is 0 Å². The molecule has 0 saturated heterocycles. The molecule has 1 radical (unpaired) electrons. The van der Waals surface area contributed by atoms with Crippen molar-refractivity contribution in [1.29, 1.82) is 0 Å². The number of aliphatic hydroxyl groups is 1. The Labute approximate surface area is 62.2 Å². The van der Waals surface area contributed by atoms with E-state index in [0.29, 0.717) is 6.42 Å². The molecule has 0 spiro atoms. The average molecular weight is 143 g/mol. The summed E-state index contributed by atoms with van der Waals surface area (Å²) in [7, 11) is 0. The number of carbonyl (C=O) groups excluding carboxylic acids is 1. The summed E-state index contributed by atoms with van der Waals surface area (Å²) in [5.41, 5.74) is 0. The Bertz CT molecular complexity index is 99.4. The summed E-state index contributed by atoms with van der Waals surface area (Å²) < 4.78 is 0. The van der Waals surface area contributed by atoms with Crippen molar-refractivity contribution >= 4 is 5.78 Å². The zero-order valence-electron chi connectivity index (χ0n) is 6.63. The molecule has 0 amide bonds. The van der Waals surface area contributed by atoms with Gasteiger partial charge in [-0.05, 0) is 12.8 Å². The van der Waals surface area contributed by atoms with Crippen LogP contribution in [0.1, 0.15) is 33.1 Å². The molecule has 10 heavy (non-hydrogen) atoms. The molecule has 0 aromatic carbocycles. The van der Waals surface area contributed by atoms with Crippen LogP contribution in [0.5, 0.6) is 0 Å². The Hall–Kier alpha value is -0.370. The van der Waals surface area contributed by atoms with E-state index in [0.717, 1.165) is 12.8 Å². The molecule has 0 aromatic rings. The molecule has 2 nitrogen and oxygen atoms in total. The zero-order chi connectivity index (χ0) is 7.98. The summed E-state index contributed by atoms with van der Waals surface area (Å²) in [4.78, 5) is 10.9. The molecule has 0 aliphatic rings. The molecule has 0 heterocycles. The monoisotopic (exact) mass is 143 g/mol. The highest BCUT2D eigenvalue weighted by Crippen LogP contribution is 2.00. The summed E-state index contributed by atoms with van der Waals surface area (Å²) in [6.45, 7) is 3.71. The van der Waals surface area contributed by atoms with Crippen LogP contribution >= 0.6 is 0 Å². The number of Topliss-reactive ketones (excluding diaryl/α,β-unsaturated/α-hetero) is 1. The normalized spacial score (nSPS) is 13.1. The quantitative estimate of drug-likeness (QED) is 0.630. The van der Waals surface area contributed by atoms with Gasteiger partial charge in [0.25, 0.3) is 0 Å². The molecule has 1 unspecified atom stereocenters. The van der Waals surface area contributed by atoms with Crippen molar-refractivity contribution in [3.63, 3.8) is 0 Å². The van der Waals surface area contributed by atoms with Gasteiger partial charge >= 0.3 is 0 Å². The predicted molar refractivity (Wildman–Crippen MR) is 40.5 cm³/mol. The Balaban J connectivity index is 3.42. The molecule has 0 aliphatic carbocycles. The summed E-state index contributed by atoms with van der Waals surface area (Å²) in [6.07, 6.45) is 3.05. The average Bonchev–Trinajstić information content (AvgIpc) is 1.98. The van der Waals surface area contributed by atoms with E-state index in [2.05, 4.69) is 0 Å². The number of carbonyl (C=O) groups is 1. The van der Waals surface area contributed by atoms with Crippen molar-refractivity contribution in [2.75, 3.05) is 0 Å². The number of unbranched alkanes of at least 4 members (excludes halogenated alkanes) is 1. The van der Waals surface area contributed by atoms with Crippen molar-refractivity contribution in [2.45, 2.75) is 39.2 Å². The molecule has 0 fully saturated rings. The van der Waals surface area contributed by atoms with Crippen LogP contribution in [-0.4, -0.2) is 17.0 Å². The van der Waals surface area contributed by atoms with Gasteiger partial charge in [-0.15, -0.1) is 0 Å². The van der Waals surface area contributed by atoms with Gasteiger partial charge in [-0.25, -0.2) is 0 Å². The summed E-state index contributed by atoms with van der Waals surface area (Å²) in [5.74, 6) is -0.0654. The molecule has 0 saturated carbocycles. The van der Waals surface area contributed by atoms with Gasteiger partial charge in [0.2, 0.25) is 0 Å². The van der Waals surface area contributed by atoms with E-state index in [4.69, 9.17) is 5.11 Å². The molecule has 59 valence electrons. The van der Waals surface area contributed by atoms with E-state index in [1.165, 1.54) is 6.42 Å². The van der Waals surface area contributed by atoms with Crippen LogP contribution in [0, 0.1) is 6.42 Å². The van der Waals surface area contributed by atoms with Gasteiger partial charge in [0.15, 0.2) is 5.78 Å². The maximum atomic E-state index is 10.9. The fraction of sp³-hybridized carbons (Fsp3) is 0.750. The maximum Gasteiger partial charge on any atom is 0.161 e. The van der Waals surface area contributed by atoms with Gasteiger partial charge in [-0.1, -0.05) is 20.3 Å². The maximum absolute atomic E-state index is 10.9. The number of hydrogen-bond acceptors (Lipinski definition) is 2. The van der Waals surface area contributed by atoms with Crippen LogP contribution in [0.25, 0.3) is 0 Å². The minimum atomic E-state index is -0.841. The molecule has 1 atom stereocenters.